The van der Waals surface area contributed by atoms with Crippen LogP contribution in [-0.2, 0) is 0 Å². The molecule has 0 radical (unpaired) electrons. The lowest BCUT2D eigenvalue weighted by Gasteiger charge is -2.11. The van der Waals surface area contributed by atoms with Crippen LogP contribution in [0.1, 0.15) is 35.1 Å². The van der Waals surface area contributed by atoms with Gasteiger partial charge in [0.05, 0.1) is 30.7 Å². The third-order valence-corrected chi connectivity index (χ3v) is 6.01. The lowest BCUT2D eigenvalue weighted by molar-refractivity contribution is 0.102. The molecule has 2 aromatic rings. The first-order valence-corrected chi connectivity index (χ1v) is 8.60. The van der Waals surface area contributed by atoms with Gasteiger partial charge in [0.15, 0.2) is 0 Å². The van der Waals surface area contributed by atoms with Crippen molar-refractivity contribution in [1.29, 1.82) is 0 Å². The molecule has 1 heterocycles. The van der Waals surface area contributed by atoms with E-state index < -0.39 is 5.91 Å². The molecule has 0 aliphatic carbocycles. The van der Waals surface area contributed by atoms with Gasteiger partial charge in [-0.3, -0.25) is 10.1 Å². The first-order valence-electron chi connectivity index (χ1n) is 5.90. The summed E-state index contributed by atoms with van der Waals surface area (Å²) in [6, 6.07) is 0. The second-order valence-electron chi connectivity index (χ2n) is 4.50. The minimum absolute atomic E-state index is 0.00658. The Bertz CT molecular complexity index is 718. The highest BCUT2D eigenvalue weighted by molar-refractivity contribution is 7.15. The van der Waals surface area contributed by atoms with E-state index in [1.807, 2.05) is 13.8 Å². The average molecular weight is 420 g/mol. The first-order chi connectivity index (χ1) is 10.2. The van der Waals surface area contributed by atoms with Crippen molar-refractivity contribution in [2.45, 2.75) is 19.8 Å². The maximum Gasteiger partial charge on any atom is 0.260 e. The predicted molar refractivity (Wildman–Crippen MR) is 93.4 cm³/mol. The van der Waals surface area contributed by atoms with Gasteiger partial charge in [0, 0.05) is 5.92 Å². The highest BCUT2D eigenvalue weighted by Crippen LogP contribution is 2.44. The molecule has 0 unspecified atom stereocenters. The molecule has 2 rings (SSSR count). The molecule has 118 valence electrons. The zero-order chi connectivity index (χ0) is 16.6. The summed E-state index contributed by atoms with van der Waals surface area (Å²) >= 11 is 31.1. The maximum absolute atomic E-state index is 12.3. The molecule has 0 atom stereocenters. The van der Waals surface area contributed by atoms with Gasteiger partial charge in [-0.05, 0) is 0 Å². The molecule has 4 nitrogen and oxygen atoms in total. The fourth-order valence-electron chi connectivity index (χ4n) is 1.48. The van der Waals surface area contributed by atoms with Crippen LogP contribution in [0.4, 0.5) is 5.13 Å². The van der Waals surface area contributed by atoms with Crippen LogP contribution in [0, 0.1) is 0 Å². The van der Waals surface area contributed by atoms with Gasteiger partial charge in [0.25, 0.3) is 5.91 Å². The third-order valence-electron chi connectivity index (χ3n) is 2.59. The first kappa shape index (κ1) is 18.0. The second kappa shape index (κ2) is 7.07. The van der Waals surface area contributed by atoms with Crippen molar-refractivity contribution < 1.29 is 4.79 Å². The lowest BCUT2D eigenvalue weighted by atomic mass is 10.2. The Morgan fingerprint density at radius 1 is 0.955 bits per heavy atom. The summed E-state index contributed by atoms with van der Waals surface area (Å²) in [6.07, 6.45) is 0. The van der Waals surface area contributed by atoms with Crippen LogP contribution in [0.25, 0.3) is 0 Å². The van der Waals surface area contributed by atoms with Crippen LogP contribution in [0.2, 0.25) is 25.1 Å². The number of hydrogen-bond donors (Lipinski definition) is 1. The molecule has 1 N–H and O–H groups in total. The number of nitrogens with zero attached hydrogens (tertiary/aromatic N) is 2. The summed E-state index contributed by atoms with van der Waals surface area (Å²) < 4.78 is 0. The predicted octanol–water partition coefficient (Wildman–Crippen LogP) is 6.18. The van der Waals surface area contributed by atoms with Crippen LogP contribution < -0.4 is 5.32 Å². The molecule has 1 aromatic carbocycles. The van der Waals surface area contributed by atoms with Gasteiger partial charge in [0.1, 0.15) is 5.01 Å². The molecule has 0 fully saturated rings. The van der Waals surface area contributed by atoms with Gasteiger partial charge < -0.3 is 0 Å². The summed E-state index contributed by atoms with van der Waals surface area (Å²) in [4.78, 5) is 12.3. The number of halogens is 5. The molecule has 22 heavy (non-hydrogen) atoms. The topological polar surface area (TPSA) is 54.9 Å². The number of carbonyl (C=O) groups excluding carboxylic acids is 1. The summed E-state index contributed by atoms with van der Waals surface area (Å²) in [5.74, 6) is -0.392. The van der Waals surface area contributed by atoms with Crippen LogP contribution in [-0.4, -0.2) is 16.1 Å². The Morgan fingerprint density at radius 3 is 1.91 bits per heavy atom. The smallest absolute Gasteiger partial charge is 0.260 e. The van der Waals surface area contributed by atoms with Crippen molar-refractivity contribution in [3.63, 3.8) is 0 Å². The van der Waals surface area contributed by atoms with Gasteiger partial charge in [-0.1, -0.05) is 83.2 Å². The van der Waals surface area contributed by atoms with Gasteiger partial charge in [0.2, 0.25) is 5.13 Å². The van der Waals surface area contributed by atoms with Crippen molar-refractivity contribution in [2.24, 2.45) is 0 Å². The number of carbonyl (C=O) groups is 1. The molecule has 0 saturated carbocycles. The van der Waals surface area contributed by atoms with Crippen LogP contribution in [0.15, 0.2) is 0 Å². The van der Waals surface area contributed by atoms with E-state index in [2.05, 4.69) is 15.5 Å². The Hall–Kier alpha value is -0.300. The molecule has 10 heteroatoms. The van der Waals surface area contributed by atoms with E-state index in [4.69, 9.17) is 58.0 Å². The monoisotopic (exact) mass is 417 g/mol. The Labute approximate surface area is 155 Å². The minimum atomic E-state index is -0.595. The number of rotatable bonds is 3. The molecule has 1 amide bonds. The Morgan fingerprint density at radius 2 is 1.45 bits per heavy atom. The van der Waals surface area contributed by atoms with E-state index in [0.717, 1.165) is 5.01 Å². The average Bonchev–Trinajstić information content (AvgIpc) is 2.92. The Kier molecular flexibility index (Phi) is 5.80. The van der Waals surface area contributed by atoms with Crippen molar-refractivity contribution in [3.8, 4) is 0 Å². The zero-order valence-corrected chi connectivity index (χ0v) is 15.8. The summed E-state index contributed by atoms with van der Waals surface area (Å²) in [5.41, 5.74) is -0.0657. The van der Waals surface area contributed by atoms with E-state index in [9.17, 15) is 4.79 Å². The number of anilines is 1. The van der Waals surface area contributed by atoms with E-state index in [1.165, 1.54) is 11.3 Å². The zero-order valence-electron chi connectivity index (χ0n) is 11.2. The molecule has 0 spiro atoms. The minimum Gasteiger partial charge on any atom is -0.296 e. The Balaban J connectivity index is 2.37. The van der Waals surface area contributed by atoms with Crippen molar-refractivity contribution >= 4 is 80.4 Å². The normalized spacial score (nSPS) is 11.1. The molecular formula is C12H8Cl5N3OS. The third kappa shape index (κ3) is 3.45. The van der Waals surface area contributed by atoms with Crippen molar-refractivity contribution in [1.82, 2.24) is 10.2 Å². The van der Waals surface area contributed by atoms with Gasteiger partial charge in [-0.25, -0.2) is 0 Å². The van der Waals surface area contributed by atoms with Gasteiger partial charge in [-0.2, -0.15) is 0 Å². The maximum atomic E-state index is 12.3. The van der Waals surface area contributed by atoms with Crippen LogP contribution >= 0.6 is 69.3 Å². The van der Waals surface area contributed by atoms with Crippen molar-refractivity contribution in [3.05, 3.63) is 35.7 Å². The van der Waals surface area contributed by atoms with E-state index in [1.54, 1.807) is 0 Å². The second-order valence-corrected chi connectivity index (χ2v) is 7.40. The molecule has 0 bridgehead atoms. The van der Waals surface area contributed by atoms with Gasteiger partial charge in [-0.15, -0.1) is 10.2 Å². The van der Waals surface area contributed by atoms with E-state index >= 15 is 0 Å². The fraction of sp³-hybridized carbons (Fsp3) is 0.250. The number of amides is 1. The van der Waals surface area contributed by atoms with Gasteiger partial charge >= 0.3 is 0 Å². The SMILES string of the molecule is CC(C)c1nnc(NC(=O)c2c(Cl)c(Cl)c(Cl)c(Cl)c2Cl)s1. The molecule has 0 aliphatic rings. The highest BCUT2D eigenvalue weighted by Gasteiger charge is 2.24. The number of hydrogen-bond acceptors (Lipinski definition) is 4. The summed E-state index contributed by atoms with van der Waals surface area (Å²) in [5, 5.41) is 11.3. The molecule has 0 saturated heterocycles. The summed E-state index contributed by atoms with van der Waals surface area (Å²) in [6.45, 7) is 3.94. The van der Waals surface area contributed by atoms with Crippen LogP contribution in [0.5, 0.6) is 0 Å². The van der Waals surface area contributed by atoms with Crippen LogP contribution in [0.3, 0.4) is 0 Å². The molecular weight excluding hydrogens is 411 g/mol. The standard InChI is InChI=1S/C12H8Cl5N3OS/c1-3(2)11-19-20-12(22-11)18-10(21)4-5(13)7(15)9(17)8(16)6(4)14/h3H,1-2H3,(H,18,20,21). The number of nitrogens with one attached hydrogen (secondary N) is 1. The number of benzene rings is 1. The molecule has 1 aromatic heterocycles. The lowest BCUT2D eigenvalue weighted by Crippen LogP contribution is -2.13. The van der Waals surface area contributed by atoms with Crippen molar-refractivity contribution in [2.75, 3.05) is 5.32 Å². The van der Waals surface area contributed by atoms with E-state index in [-0.39, 0.29) is 36.6 Å². The largest absolute Gasteiger partial charge is 0.296 e. The fourth-order valence-corrected chi connectivity index (χ4v) is 3.53. The highest BCUT2D eigenvalue weighted by atomic mass is 35.5. The van der Waals surface area contributed by atoms with E-state index in [0.29, 0.717) is 5.13 Å². The summed E-state index contributed by atoms with van der Waals surface area (Å²) in [7, 11) is 0. The number of aromatic nitrogens is 2. The molecule has 0 aliphatic heterocycles. The quantitative estimate of drug-likeness (QED) is 0.477.